The van der Waals surface area contributed by atoms with Crippen molar-refractivity contribution in [3.63, 3.8) is 0 Å². The van der Waals surface area contributed by atoms with Gasteiger partial charge >= 0.3 is 204 Å². The fraction of sp³-hybridized carbons (Fsp3) is 0.250. The van der Waals surface area contributed by atoms with Crippen molar-refractivity contribution >= 4 is 17.8 Å². The van der Waals surface area contributed by atoms with Gasteiger partial charge < -0.3 is 24.8 Å². The largest absolute Gasteiger partial charge is 1.00 e. The van der Waals surface area contributed by atoms with Gasteiger partial charge in [0.05, 0.1) is 0 Å². The Bertz CT molecular complexity index is 1260. The van der Waals surface area contributed by atoms with Crippen LogP contribution in [0.15, 0.2) is 72.5 Å². The number of allylic oxidation sites excluding steroid dienone is 1. The van der Waals surface area contributed by atoms with Gasteiger partial charge in [-0.15, -0.1) is 0 Å². The van der Waals surface area contributed by atoms with Gasteiger partial charge in [-0.25, -0.2) is 0 Å². The maximum absolute atomic E-state index is 6.78. The minimum Gasteiger partial charge on any atom is -1.00 e. The van der Waals surface area contributed by atoms with Crippen LogP contribution in [0.25, 0.3) is 16.9 Å². The van der Waals surface area contributed by atoms with Gasteiger partial charge in [0, 0.05) is 0 Å². The Balaban J connectivity index is 0.00000162. The number of hydrogen-bond donors (Lipinski definition) is 0. The molecule has 0 fully saturated rings. The monoisotopic (exact) mass is 585 g/mol. The van der Waals surface area contributed by atoms with Gasteiger partial charge in [-0.3, -0.25) is 0 Å². The number of ether oxygens (including phenoxy) is 1. The molecule has 2 unspecified atom stereocenters. The van der Waals surface area contributed by atoms with Crippen molar-refractivity contribution in [2.45, 2.75) is 36.1 Å². The zero-order chi connectivity index (χ0) is 22.5. The van der Waals surface area contributed by atoms with Crippen LogP contribution in [-0.2, 0) is 31.9 Å². The summed E-state index contributed by atoms with van der Waals surface area (Å²) in [5.74, 6) is 1.98. The summed E-state index contributed by atoms with van der Waals surface area (Å²) in [7, 11) is -0.0744. The van der Waals surface area contributed by atoms with Gasteiger partial charge in [-0.05, 0) is 0 Å². The standard InChI is InChI=1S/C26H25O2Si.C2H4.2ClH.Zr/c1-27-25-22-13-8-7-12-20(22)24(26(25)28-29(2,3)4)21-15-9-14-19-18-11-6-5-10-17(18)16-23(19)21;1-2;;;/h5-16,24H,1-4H3;1H,2H3;2*1H;/q;;;;+2/p-2. The van der Waals surface area contributed by atoms with E-state index in [2.05, 4.69) is 97.0 Å². The van der Waals surface area contributed by atoms with Crippen molar-refractivity contribution in [2.24, 2.45) is 0 Å². The van der Waals surface area contributed by atoms with Crippen LogP contribution < -0.4 is 24.8 Å². The zero-order valence-electron chi connectivity index (χ0n) is 20.2. The third kappa shape index (κ3) is 4.55. The van der Waals surface area contributed by atoms with Gasteiger partial charge in [0.2, 0.25) is 0 Å². The van der Waals surface area contributed by atoms with E-state index < -0.39 is 31.1 Å². The Morgan fingerprint density at radius 2 is 1.35 bits per heavy atom. The van der Waals surface area contributed by atoms with Gasteiger partial charge in [0.15, 0.2) is 0 Å². The molecule has 0 saturated carbocycles. The average Bonchev–Trinajstić information content (AvgIpc) is 3.25. The maximum atomic E-state index is 6.78. The molecule has 3 aromatic rings. The summed E-state index contributed by atoms with van der Waals surface area (Å²) in [6, 6.07) is 24.5. The molecule has 34 heavy (non-hydrogen) atoms. The first-order valence-corrected chi connectivity index (χ1v) is 17.5. The normalized spacial score (nSPS) is 17.8. The van der Waals surface area contributed by atoms with E-state index in [0.717, 1.165) is 11.5 Å². The molecule has 2 aliphatic rings. The summed E-state index contributed by atoms with van der Waals surface area (Å²) < 4.78 is 15.8. The van der Waals surface area contributed by atoms with Crippen LogP contribution in [0.4, 0.5) is 0 Å². The van der Waals surface area contributed by atoms with E-state index >= 15 is 0 Å². The molecule has 0 spiro atoms. The van der Waals surface area contributed by atoms with Gasteiger partial charge in [0.1, 0.15) is 0 Å². The minimum atomic E-state index is -1.85. The molecule has 6 heteroatoms. The summed E-state index contributed by atoms with van der Waals surface area (Å²) >= 11 is -0.740. The van der Waals surface area contributed by atoms with Crippen molar-refractivity contribution < 1.29 is 56.7 Å². The second kappa shape index (κ2) is 10.7. The Hall–Kier alpha value is -1.45. The predicted molar refractivity (Wildman–Crippen MR) is 132 cm³/mol. The summed E-state index contributed by atoms with van der Waals surface area (Å²) in [6.45, 7) is 8.99. The van der Waals surface area contributed by atoms with Crippen LogP contribution in [-0.4, -0.2) is 19.1 Å². The third-order valence-corrected chi connectivity index (χ3v) is 10.2. The van der Waals surface area contributed by atoms with Crippen molar-refractivity contribution in [1.82, 2.24) is 0 Å². The molecular formula is C28H29Cl2O2SiZr. The fourth-order valence-electron chi connectivity index (χ4n) is 5.20. The summed E-state index contributed by atoms with van der Waals surface area (Å²) in [5, 5.41) is 0. The molecule has 0 amide bonds. The first kappa shape index (κ1) is 27.1. The van der Waals surface area contributed by atoms with Crippen LogP contribution in [0.5, 0.6) is 0 Å². The van der Waals surface area contributed by atoms with Gasteiger partial charge in [-0.2, -0.15) is 0 Å². The molecule has 5 rings (SSSR count). The molecule has 0 bridgehead atoms. The quantitative estimate of drug-likeness (QED) is 0.415. The molecule has 2 atom stereocenters. The number of hydrogen-bond acceptors (Lipinski definition) is 2. The van der Waals surface area contributed by atoms with Crippen molar-refractivity contribution in [2.75, 3.05) is 7.11 Å². The molecule has 2 aliphatic carbocycles. The Labute approximate surface area is 227 Å². The van der Waals surface area contributed by atoms with Crippen LogP contribution >= 0.6 is 0 Å². The van der Waals surface area contributed by atoms with E-state index in [1.165, 1.54) is 38.9 Å². The van der Waals surface area contributed by atoms with E-state index in [9.17, 15) is 0 Å². The average molecular weight is 588 g/mol. The number of halogens is 2. The minimum absolute atomic E-state index is 0. The molecule has 175 valence electrons. The summed E-state index contributed by atoms with van der Waals surface area (Å²) in [5.41, 5.74) is 9.70. The van der Waals surface area contributed by atoms with Crippen molar-refractivity contribution in [3.8, 4) is 11.1 Å². The second-order valence-corrected chi connectivity index (χ2v) is 17.5. The zero-order valence-corrected chi connectivity index (χ0v) is 25.1. The van der Waals surface area contributed by atoms with Gasteiger partial charge in [-0.1, -0.05) is 0 Å². The van der Waals surface area contributed by atoms with E-state index in [4.69, 9.17) is 9.16 Å². The van der Waals surface area contributed by atoms with E-state index in [1.807, 2.05) is 0 Å². The molecule has 0 aliphatic heterocycles. The van der Waals surface area contributed by atoms with Crippen LogP contribution in [0.2, 0.25) is 19.6 Å². The molecule has 0 aromatic heterocycles. The molecule has 0 N–H and O–H groups in total. The van der Waals surface area contributed by atoms with Crippen molar-refractivity contribution in [3.05, 3.63) is 100 Å². The second-order valence-electron chi connectivity index (χ2n) is 9.42. The maximum Gasteiger partial charge on any atom is -1.00 e. The van der Waals surface area contributed by atoms with Crippen molar-refractivity contribution in [1.29, 1.82) is 0 Å². The SMILES string of the molecule is C[CH]=[Zr+2][CH]1c2ccccc2-c2cccc(C3C(O[Si](C)(C)C)=C(OC)c4ccccc43)c21.[Cl-].[Cl-]. The number of methoxy groups -OCH3 is 1. The van der Waals surface area contributed by atoms with Crippen LogP contribution in [0, 0.1) is 0 Å². The number of fused-ring (bicyclic) bond motifs is 4. The first-order valence-electron chi connectivity index (χ1n) is 11.3. The summed E-state index contributed by atoms with van der Waals surface area (Å²) in [4.78, 5) is 0. The van der Waals surface area contributed by atoms with Gasteiger partial charge in [0.25, 0.3) is 0 Å². The molecule has 2 nitrogen and oxygen atoms in total. The number of benzene rings is 3. The molecule has 0 saturated heterocycles. The molecule has 0 heterocycles. The van der Waals surface area contributed by atoms with E-state index in [0.29, 0.717) is 3.63 Å². The molecule has 0 radical (unpaired) electrons. The Morgan fingerprint density at radius 1 is 0.765 bits per heavy atom. The number of rotatable bonds is 5. The Kier molecular flexibility index (Phi) is 8.51. The van der Waals surface area contributed by atoms with Crippen LogP contribution in [0.1, 0.15) is 44.3 Å². The molecular weight excluding hydrogens is 559 g/mol. The summed E-state index contributed by atoms with van der Waals surface area (Å²) in [6.07, 6.45) is 0. The third-order valence-electron chi connectivity index (χ3n) is 6.26. The van der Waals surface area contributed by atoms with E-state index in [-0.39, 0.29) is 30.7 Å². The Morgan fingerprint density at radius 3 is 2.00 bits per heavy atom. The topological polar surface area (TPSA) is 18.5 Å². The molecule has 3 aromatic carbocycles. The first-order chi connectivity index (χ1) is 15.4. The fourth-order valence-corrected chi connectivity index (χ4v) is 9.15. The van der Waals surface area contributed by atoms with E-state index in [1.54, 1.807) is 7.11 Å². The predicted octanol–water partition coefficient (Wildman–Crippen LogP) is 0.981. The smallest absolute Gasteiger partial charge is 1.00 e. The van der Waals surface area contributed by atoms with Crippen LogP contribution in [0.3, 0.4) is 0 Å².